The summed E-state index contributed by atoms with van der Waals surface area (Å²) in [5.41, 5.74) is 2.87. The number of aromatic nitrogens is 2. The summed E-state index contributed by atoms with van der Waals surface area (Å²) in [5, 5.41) is 8.87. The lowest BCUT2D eigenvalue weighted by molar-refractivity contribution is 0.132. The van der Waals surface area contributed by atoms with Gasteiger partial charge < -0.3 is 4.84 Å². The van der Waals surface area contributed by atoms with Gasteiger partial charge in [-0.25, -0.2) is 4.98 Å². The fourth-order valence-electron chi connectivity index (χ4n) is 2.57. The number of benzene rings is 2. The number of imidazole rings is 1. The Balaban J connectivity index is 1.47. The van der Waals surface area contributed by atoms with Crippen molar-refractivity contribution in [3.63, 3.8) is 0 Å². The van der Waals surface area contributed by atoms with Crippen molar-refractivity contribution in [2.75, 3.05) is 0 Å². The quantitative estimate of drug-likeness (QED) is 0.159. The lowest BCUT2D eigenvalue weighted by atomic mass is 10.2. The highest BCUT2D eigenvalue weighted by Gasteiger charge is 2.12. The van der Waals surface area contributed by atoms with Crippen LogP contribution in [0.25, 0.3) is 4.96 Å². The summed E-state index contributed by atoms with van der Waals surface area (Å²) in [6.45, 7) is 0.255. The molecule has 0 radical (unpaired) electrons. The van der Waals surface area contributed by atoms with Gasteiger partial charge in [0.1, 0.15) is 17.3 Å². The Hall–Kier alpha value is -1.70. The third-order valence-corrected chi connectivity index (χ3v) is 6.69. The molecule has 0 N–H and O–H groups in total. The monoisotopic (exact) mass is 481 g/mol. The minimum absolute atomic E-state index is 0.255. The molecule has 148 valence electrons. The van der Waals surface area contributed by atoms with Gasteiger partial charge in [0.05, 0.1) is 6.21 Å². The van der Waals surface area contributed by atoms with Crippen molar-refractivity contribution in [3.8, 4) is 0 Å². The number of rotatable bonds is 7. The fourth-order valence-corrected chi connectivity index (χ4v) is 4.89. The molecule has 0 spiro atoms. The van der Waals surface area contributed by atoms with Gasteiger partial charge in [0.25, 0.3) is 0 Å². The molecule has 29 heavy (non-hydrogen) atoms. The predicted molar refractivity (Wildman–Crippen MR) is 123 cm³/mol. The summed E-state index contributed by atoms with van der Waals surface area (Å²) in [6, 6.07) is 13.1. The van der Waals surface area contributed by atoms with Crippen molar-refractivity contribution in [1.82, 2.24) is 9.38 Å². The number of halogens is 3. The maximum absolute atomic E-state index is 6.17. The molecule has 4 aromatic rings. The zero-order valence-electron chi connectivity index (χ0n) is 14.9. The lowest BCUT2D eigenvalue weighted by Crippen LogP contribution is -1.93. The van der Waals surface area contributed by atoms with Crippen molar-refractivity contribution in [1.29, 1.82) is 0 Å². The second-order valence-corrected chi connectivity index (χ2v) is 9.13. The molecular formula is C20H14Cl3N3OS2. The highest BCUT2D eigenvalue weighted by Crippen LogP contribution is 2.28. The second kappa shape index (κ2) is 9.41. The van der Waals surface area contributed by atoms with E-state index in [1.165, 1.54) is 5.56 Å². The number of fused-ring (bicyclic) bond motifs is 1. The normalized spacial score (nSPS) is 11.6. The molecule has 2 aromatic heterocycles. The van der Waals surface area contributed by atoms with Crippen LogP contribution in [-0.2, 0) is 17.2 Å². The molecule has 4 nitrogen and oxygen atoms in total. The van der Waals surface area contributed by atoms with Crippen LogP contribution in [-0.4, -0.2) is 15.6 Å². The lowest BCUT2D eigenvalue weighted by Gasteiger charge is -2.03. The molecule has 2 aromatic carbocycles. The van der Waals surface area contributed by atoms with E-state index in [1.54, 1.807) is 41.4 Å². The van der Waals surface area contributed by atoms with Crippen LogP contribution in [0.3, 0.4) is 0 Å². The molecule has 0 amide bonds. The zero-order valence-corrected chi connectivity index (χ0v) is 18.8. The molecule has 0 aliphatic carbocycles. The fraction of sp³-hybridized carbons (Fsp3) is 0.100. The van der Waals surface area contributed by atoms with Crippen LogP contribution in [0.4, 0.5) is 0 Å². The van der Waals surface area contributed by atoms with Gasteiger partial charge >= 0.3 is 0 Å². The predicted octanol–water partition coefficient (Wildman–Crippen LogP) is 7.20. The molecule has 0 atom stereocenters. The molecule has 2 heterocycles. The van der Waals surface area contributed by atoms with Gasteiger partial charge in [-0.05, 0) is 29.8 Å². The minimum Gasteiger partial charge on any atom is -0.391 e. The standard InChI is InChI=1S/C20H14Cl3N3OS2/c21-15-4-1-13(2-5-15)12-29-19-18(26-7-8-28-20(26)25-19)10-24-27-11-14-3-6-16(22)9-17(14)23/h1-10H,11-12H2/b24-10+. The molecular weight excluding hydrogens is 469 g/mol. The topological polar surface area (TPSA) is 38.9 Å². The molecule has 0 fully saturated rings. The molecule has 0 bridgehead atoms. The molecule has 0 aliphatic heterocycles. The molecule has 0 aliphatic rings. The average Bonchev–Trinajstić information content (AvgIpc) is 3.28. The third-order valence-electron chi connectivity index (χ3n) is 4.04. The van der Waals surface area contributed by atoms with Gasteiger partial charge in [0.15, 0.2) is 4.96 Å². The van der Waals surface area contributed by atoms with E-state index in [9.17, 15) is 0 Å². The first-order valence-corrected chi connectivity index (χ1v) is 11.5. The van der Waals surface area contributed by atoms with E-state index in [0.29, 0.717) is 10.0 Å². The first kappa shape index (κ1) is 20.6. The Bertz CT molecular complexity index is 1160. The van der Waals surface area contributed by atoms with Crippen molar-refractivity contribution >= 4 is 69.1 Å². The Morgan fingerprint density at radius 3 is 2.69 bits per heavy atom. The molecule has 0 saturated carbocycles. The van der Waals surface area contributed by atoms with Gasteiger partial charge in [0.2, 0.25) is 0 Å². The van der Waals surface area contributed by atoms with Crippen LogP contribution in [0.5, 0.6) is 0 Å². The van der Waals surface area contributed by atoms with Gasteiger partial charge in [-0.1, -0.05) is 69.9 Å². The maximum Gasteiger partial charge on any atom is 0.195 e. The smallest absolute Gasteiger partial charge is 0.195 e. The van der Waals surface area contributed by atoms with Crippen LogP contribution in [0.15, 0.2) is 64.2 Å². The molecule has 9 heteroatoms. The number of oxime groups is 1. The Labute approximate surface area is 191 Å². The van der Waals surface area contributed by atoms with Crippen molar-refractivity contribution in [2.45, 2.75) is 17.4 Å². The van der Waals surface area contributed by atoms with E-state index < -0.39 is 0 Å². The van der Waals surface area contributed by atoms with Crippen molar-refractivity contribution in [2.24, 2.45) is 5.16 Å². The Morgan fingerprint density at radius 2 is 1.90 bits per heavy atom. The summed E-state index contributed by atoms with van der Waals surface area (Å²) in [4.78, 5) is 11.1. The van der Waals surface area contributed by atoms with Crippen LogP contribution < -0.4 is 0 Å². The Kier molecular flexibility index (Phi) is 6.67. The van der Waals surface area contributed by atoms with Crippen molar-refractivity contribution in [3.05, 3.63) is 85.9 Å². The minimum atomic E-state index is 0.255. The molecule has 0 unspecified atom stereocenters. The van der Waals surface area contributed by atoms with Gasteiger partial charge in [-0.2, -0.15) is 0 Å². The highest BCUT2D eigenvalue weighted by molar-refractivity contribution is 7.98. The molecule has 0 saturated heterocycles. The van der Waals surface area contributed by atoms with Crippen LogP contribution in [0.1, 0.15) is 16.8 Å². The van der Waals surface area contributed by atoms with Crippen LogP contribution >= 0.6 is 57.9 Å². The van der Waals surface area contributed by atoms with E-state index in [2.05, 4.69) is 5.16 Å². The average molecular weight is 483 g/mol. The highest BCUT2D eigenvalue weighted by atomic mass is 35.5. The third kappa shape index (κ3) is 5.08. The number of thioether (sulfide) groups is 1. The van der Waals surface area contributed by atoms with Crippen LogP contribution in [0, 0.1) is 0 Å². The van der Waals surface area contributed by atoms with E-state index in [-0.39, 0.29) is 6.61 Å². The Morgan fingerprint density at radius 1 is 1.10 bits per heavy atom. The summed E-state index contributed by atoms with van der Waals surface area (Å²) in [6.07, 6.45) is 3.65. The first-order valence-electron chi connectivity index (χ1n) is 8.52. The van der Waals surface area contributed by atoms with E-state index in [4.69, 9.17) is 44.6 Å². The number of hydrogen-bond acceptors (Lipinski definition) is 5. The van der Waals surface area contributed by atoms with E-state index in [1.807, 2.05) is 46.3 Å². The molecule has 4 rings (SSSR count). The van der Waals surface area contributed by atoms with Gasteiger partial charge in [-0.3, -0.25) is 4.40 Å². The summed E-state index contributed by atoms with van der Waals surface area (Å²) < 4.78 is 2.00. The van der Waals surface area contributed by atoms with E-state index in [0.717, 1.165) is 32.0 Å². The summed E-state index contributed by atoms with van der Waals surface area (Å²) in [5.74, 6) is 0.782. The van der Waals surface area contributed by atoms with Gasteiger partial charge in [-0.15, -0.1) is 11.3 Å². The first-order chi connectivity index (χ1) is 14.1. The zero-order chi connectivity index (χ0) is 20.2. The van der Waals surface area contributed by atoms with E-state index >= 15 is 0 Å². The largest absolute Gasteiger partial charge is 0.391 e. The number of hydrogen-bond donors (Lipinski definition) is 0. The number of thiazole rings is 1. The van der Waals surface area contributed by atoms with Gasteiger partial charge in [0, 0.05) is 38.0 Å². The van der Waals surface area contributed by atoms with Crippen molar-refractivity contribution < 1.29 is 4.84 Å². The maximum atomic E-state index is 6.17. The number of nitrogens with zero attached hydrogens (tertiary/aromatic N) is 3. The summed E-state index contributed by atoms with van der Waals surface area (Å²) >= 11 is 21.3. The van der Waals surface area contributed by atoms with Crippen LogP contribution in [0.2, 0.25) is 15.1 Å². The second-order valence-electron chi connectivity index (χ2n) is 6.02. The summed E-state index contributed by atoms with van der Waals surface area (Å²) in [7, 11) is 0. The SMILES string of the molecule is Clc1ccc(CSc2nc3sccn3c2/C=N/OCc2ccc(Cl)cc2Cl)cc1.